The summed E-state index contributed by atoms with van der Waals surface area (Å²) in [5.41, 5.74) is 2.45. The number of aromatic nitrogens is 3. The SMILES string of the molecule is CC(=O)N1CCC(c2ccc(-c3nc4c([C@@H](C)Nc5ccc(Cl)nc5C(=O)NS(C)(=O)=O)cc(C)cc4c(=O)n3C)cc2F)CC1. The predicted molar refractivity (Wildman–Crippen MR) is 175 cm³/mol. The highest BCUT2D eigenvalue weighted by Crippen LogP contribution is 2.33. The summed E-state index contributed by atoms with van der Waals surface area (Å²) in [4.78, 5) is 48.8. The molecule has 0 radical (unpaired) electrons. The van der Waals surface area contributed by atoms with E-state index in [4.69, 9.17) is 16.6 Å². The Kier molecular flexibility index (Phi) is 9.19. The van der Waals surface area contributed by atoms with Gasteiger partial charge in [-0.2, -0.15) is 0 Å². The average Bonchev–Trinajstić information content (AvgIpc) is 2.98. The van der Waals surface area contributed by atoms with Crippen LogP contribution in [0.5, 0.6) is 0 Å². The summed E-state index contributed by atoms with van der Waals surface area (Å²) in [6.07, 6.45) is 2.18. The molecule has 0 saturated carbocycles. The van der Waals surface area contributed by atoms with E-state index in [0.29, 0.717) is 53.5 Å². The minimum absolute atomic E-state index is 0.00700. The third kappa shape index (κ3) is 6.90. The number of carbonyl (C=O) groups excluding carboxylic acids is 2. The normalized spacial score (nSPS) is 14.7. The van der Waals surface area contributed by atoms with E-state index in [1.54, 1.807) is 37.1 Å². The number of carbonyl (C=O) groups is 2. The topological polar surface area (TPSA) is 143 Å². The number of pyridine rings is 1. The zero-order valence-electron chi connectivity index (χ0n) is 26.0. The third-order valence-electron chi connectivity index (χ3n) is 8.19. The Morgan fingerprint density at radius 3 is 2.41 bits per heavy atom. The van der Waals surface area contributed by atoms with Crippen molar-refractivity contribution in [2.75, 3.05) is 24.7 Å². The van der Waals surface area contributed by atoms with Gasteiger partial charge in [-0.1, -0.05) is 29.8 Å². The zero-order valence-corrected chi connectivity index (χ0v) is 27.6. The maximum absolute atomic E-state index is 15.6. The number of rotatable bonds is 7. The second-order valence-electron chi connectivity index (χ2n) is 11.7. The Morgan fingerprint density at radius 1 is 1.09 bits per heavy atom. The van der Waals surface area contributed by atoms with Gasteiger partial charge < -0.3 is 10.2 Å². The summed E-state index contributed by atoms with van der Waals surface area (Å²) in [6.45, 7) is 6.32. The Labute approximate surface area is 270 Å². The number of sulfonamides is 1. The fourth-order valence-electron chi connectivity index (χ4n) is 5.90. The van der Waals surface area contributed by atoms with Crippen molar-refractivity contribution < 1.29 is 22.4 Å². The molecule has 0 spiro atoms. The van der Waals surface area contributed by atoms with E-state index in [-0.39, 0.29) is 39.7 Å². The van der Waals surface area contributed by atoms with Gasteiger partial charge in [0.2, 0.25) is 15.9 Å². The van der Waals surface area contributed by atoms with Crippen molar-refractivity contribution in [3.8, 4) is 11.4 Å². The lowest BCUT2D eigenvalue weighted by atomic mass is 9.88. The van der Waals surface area contributed by atoms with E-state index in [1.807, 2.05) is 17.7 Å². The standard InChI is InChI=1S/C32H34ClFN6O5S/c1-17-14-23(18(2)35-26-8-9-27(33)36-29(26)31(42)38-46(5,44)45)28-24(15-17)32(43)39(4)30(37-28)21-6-7-22(25(34)16-21)20-10-12-40(13-11-20)19(3)41/h6-9,14-16,18,20,35H,10-13H2,1-5H3,(H,38,42)/t18-/m1/s1. The van der Waals surface area contributed by atoms with Gasteiger partial charge in [0.15, 0.2) is 5.69 Å². The highest BCUT2D eigenvalue weighted by molar-refractivity contribution is 7.89. The molecule has 0 bridgehead atoms. The van der Waals surface area contributed by atoms with Gasteiger partial charge in [-0.15, -0.1) is 0 Å². The molecule has 242 valence electrons. The Morgan fingerprint density at radius 2 is 1.78 bits per heavy atom. The summed E-state index contributed by atoms with van der Waals surface area (Å²) in [7, 11) is -2.29. The number of aryl methyl sites for hydroxylation is 1. The van der Waals surface area contributed by atoms with Gasteiger partial charge in [-0.05, 0) is 68.0 Å². The number of amides is 2. The zero-order chi connectivity index (χ0) is 33.5. The molecule has 1 saturated heterocycles. The van der Waals surface area contributed by atoms with Crippen molar-refractivity contribution in [2.24, 2.45) is 7.05 Å². The van der Waals surface area contributed by atoms with Crippen molar-refractivity contribution in [1.82, 2.24) is 24.2 Å². The van der Waals surface area contributed by atoms with Crippen LogP contribution in [0.3, 0.4) is 0 Å². The number of anilines is 1. The van der Waals surface area contributed by atoms with Crippen molar-refractivity contribution in [3.63, 3.8) is 0 Å². The monoisotopic (exact) mass is 668 g/mol. The number of fused-ring (bicyclic) bond motifs is 1. The highest BCUT2D eigenvalue weighted by Gasteiger charge is 2.26. The van der Waals surface area contributed by atoms with Crippen LogP contribution in [0.15, 0.2) is 47.3 Å². The molecular formula is C32H34ClFN6O5S. The highest BCUT2D eigenvalue weighted by atomic mass is 35.5. The maximum atomic E-state index is 15.6. The summed E-state index contributed by atoms with van der Waals surface area (Å²) < 4.78 is 42.3. The predicted octanol–water partition coefficient (Wildman–Crippen LogP) is 4.68. The molecule has 1 atom stereocenters. The molecule has 1 aliphatic heterocycles. The molecule has 2 amide bonds. The first-order chi connectivity index (χ1) is 21.6. The quantitative estimate of drug-likeness (QED) is 0.270. The summed E-state index contributed by atoms with van der Waals surface area (Å²) >= 11 is 6.02. The van der Waals surface area contributed by atoms with E-state index in [1.165, 1.54) is 29.7 Å². The van der Waals surface area contributed by atoms with Crippen LogP contribution in [0.2, 0.25) is 5.15 Å². The number of nitrogens with zero attached hydrogens (tertiary/aromatic N) is 4. The third-order valence-corrected chi connectivity index (χ3v) is 8.95. The van der Waals surface area contributed by atoms with Gasteiger partial charge in [-0.25, -0.2) is 27.5 Å². The molecule has 2 aromatic heterocycles. The van der Waals surface area contributed by atoms with Crippen LogP contribution in [-0.2, 0) is 21.9 Å². The van der Waals surface area contributed by atoms with Gasteiger partial charge in [-0.3, -0.25) is 19.0 Å². The van der Waals surface area contributed by atoms with Gasteiger partial charge in [0.1, 0.15) is 16.8 Å². The second-order valence-corrected chi connectivity index (χ2v) is 13.8. The smallest absolute Gasteiger partial charge is 0.285 e. The summed E-state index contributed by atoms with van der Waals surface area (Å²) in [6, 6.07) is 10.9. The lowest BCUT2D eigenvalue weighted by Gasteiger charge is -2.31. The summed E-state index contributed by atoms with van der Waals surface area (Å²) in [5, 5.41) is 3.53. The molecule has 3 heterocycles. The van der Waals surface area contributed by atoms with E-state index < -0.39 is 27.8 Å². The Hall–Kier alpha value is -4.36. The molecule has 14 heteroatoms. The molecular weight excluding hydrogens is 635 g/mol. The fraction of sp³-hybridized carbons (Fsp3) is 0.344. The first-order valence-corrected chi connectivity index (χ1v) is 16.9. The molecule has 2 aromatic carbocycles. The molecule has 0 unspecified atom stereocenters. The van der Waals surface area contributed by atoms with Crippen LogP contribution in [0.25, 0.3) is 22.3 Å². The molecule has 2 N–H and O–H groups in total. The molecule has 46 heavy (non-hydrogen) atoms. The number of halogens is 2. The molecule has 4 aromatic rings. The van der Waals surface area contributed by atoms with Crippen LogP contribution in [0.4, 0.5) is 10.1 Å². The molecule has 1 fully saturated rings. The molecule has 0 aliphatic carbocycles. The van der Waals surface area contributed by atoms with Crippen molar-refractivity contribution in [2.45, 2.75) is 45.6 Å². The summed E-state index contributed by atoms with van der Waals surface area (Å²) in [5.74, 6) is -1.10. The van der Waals surface area contributed by atoms with Crippen LogP contribution >= 0.6 is 11.6 Å². The van der Waals surface area contributed by atoms with Crippen LogP contribution in [0.1, 0.15) is 65.8 Å². The average molecular weight is 669 g/mol. The van der Waals surface area contributed by atoms with Crippen molar-refractivity contribution >= 4 is 50.0 Å². The Balaban J connectivity index is 1.53. The van der Waals surface area contributed by atoms with Gasteiger partial charge in [0.25, 0.3) is 11.5 Å². The van der Waals surface area contributed by atoms with Crippen molar-refractivity contribution in [1.29, 1.82) is 0 Å². The largest absolute Gasteiger partial charge is 0.377 e. The van der Waals surface area contributed by atoms with Gasteiger partial charge >= 0.3 is 0 Å². The van der Waals surface area contributed by atoms with E-state index in [2.05, 4.69) is 10.3 Å². The second kappa shape index (κ2) is 12.8. The van der Waals surface area contributed by atoms with E-state index in [0.717, 1.165) is 11.8 Å². The number of hydrogen-bond donors (Lipinski definition) is 2. The first kappa shape index (κ1) is 33.0. The number of piperidine rings is 1. The maximum Gasteiger partial charge on any atom is 0.285 e. The number of likely N-dealkylation sites (tertiary alicyclic amines) is 1. The molecule has 5 rings (SSSR count). The minimum atomic E-state index is -3.87. The van der Waals surface area contributed by atoms with Crippen LogP contribution in [0, 0.1) is 12.7 Å². The number of benzene rings is 2. The molecule has 11 nitrogen and oxygen atoms in total. The fourth-order valence-corrected chi connectivity index (χ4v) is 6.48. The van der Waals surface area contributed by atoms with Crippen LogP contribution in [-0.4, -0.2) is 59.0 Å². The van der Waals surface area contributed by atoms with E-state index in [9.17, 15) is 22.8 Å². The number of nitrogens with one attached hydrogen (secondary N) is 2. The lowest BCUT2D eigenvalue weighted by molar-refractivity contribution is -0.129. The lowest BCUT2D eigenvalue weighted by Crippen LogP contribution is -2.36. The van der Waals surface area contributed by atoms with Crippen molar-refractivity contribution in [3.05, 3.63) is 86.2 Å². The van der Waals surface area contributed by atoms with Gasteiger partial charge in [0.05, 0.1) is 28.9 Å². The first-order valence-electron chi connectivity index (χ1n) is 14.6. The Bertz CT molecular complexity index is 2040. The van der Waals surface area contributed by atoms with E-state index >= 15 is 4.39 Å². The minimum Gasteiger partial charge on any atom is -0.377 e. The number of hydrogen-bond acceptors (Lipinski definition) is 8. The molecule has 1 aliphatic rings. The van der Waals surface area contributed by atoms with Gasteiger partial charge in [0, 0.05) is 38.2 Å². The van der Waals surface area contributed by atoms with Crippen LogP contribution < -0.4 is 15.6 Å².